The lowest BCUT2D eigenvalue weighted by Gasteiger charge is -2.25. The summed E-state index contributed by atoms with van der Waals surface area (Å²) in [7, 11) is 0. The third-order valence-electron chi connectivity index (χ3n) is 4.73. The zero-order chi connectivity index (χ0) is 16.5. The van der Waals surface area contributed by atoms with E-state index < -0.39 is 0 Å². The van der Waals surface area contributed by atoms with Crippen molar-refractivity contribution in [2.24, 2.45) is 0 Å². The molecule has 1 aromatic carbocycles. The normalized spacial score (nSPS) is 20.0. The first kappa shape index (κ1) is 15.5. The average Bonchev–Trinajstić information content (AvgIpc) is 3.18. The molecule has 4 rings (SSSR count). The quantitative estimate of drug-likeness (QED) is 0.820. The van der Waals surface area contributed by atoms with Crippen LogP contribution < -0.4 is 9.47 Å². The highest BCUT2D eigenvalue weighted by molar-refractivity contribution is 7.12. The molecule has 0 N–H and O–H groups in total. The van der Waals surface area contributed by atoms with Gasteiger partial charge in [-0.25, -0.2) is 0 Å². The molecule has 0 spiro atoms. The summed E-state index contributed by atoms with van der Waals surface area (Å²) in [5.74, 6) is 1.76. The topological polar surface area (TPSA) is 38.8 Å². The molecule has 2 aliphatic heterocycles. The van der Waals surface area contributed by atoms with Gasteiger partial charge < -0.3 is 14.4 Å². The van der Waals surface area contributed by atoms with E-state index in [2.05, 4.69) is 12.1 Å². The van der Waals surface area contributed by atoms with Crippen LogP contribution in [0.15, 0.2) is 29.6 Å². The van der Waals surface area contributed by atoms with Crippen LogP contribution in [0.3, 0.4) is 0 Å². The number of fused-ring (bicyclic) bond motifs is 1. The summed E-state index contributed by atoms with van der Waals surface area (Å²) < 4.78 is 11.5. The zero-order valence-corrected chi connectivity index (χ0v) is 14.6. The van der Waals surface area contributed by atoms with Crippen molar-refractivity contribution in [3.05, 3.63) is 45.6 Å². The van der Waals surface area contributed by atoms with Crippen LogP contribution >= 0.6 is 11.3 Å². The number of hydrogen-bond donors (Lipinski definition) is 0. The number of hydrogen-bond acceptors (Lipinski definition) is 4. The van der Waals surface area contributed by atoms with Crippen LogP contribution in [0, 0.1) is 6.92 Å². The predicted molar refractivity (Wildman–Crippen MR) is 94.1 cm³/mol. The molecule has 2 aliphatic rings. The van der Waals surface area contributed by atoms with Crippen LogP contribution in [0.1, 0.15) is 46.1 Å². The van der Waals surface area contributed by atoms with E-state index >= 15 is 0 Å². The molecule has 1 aromatic heterocycles. The van der Waals surface area contributed by atoms with Crippen molar-refractivity contribution in [1.29, 1.82) is 0 Å². The van der Waals surface area contributed by atoms with Crippen LogP contribution in [0.25, 0.3) is 0 Å². The molecule has 1 saturated heterocycles. The van der Waals surface area contributed by atoms with Crippen molar-refractivity contribution in [3.63, 3.8) is 0 Å². The Kier molecular flexibility index (Phi) is 4.19. The number of benzene rings is 1. The first-order chi connectivity index (χ1) is 11.7. The summed E-state index contributed by atoms with van der Waals surface area (Å²) in [6.45, 7) is 4.19. The van der Waals surface area contributed by atoms with Gasteiger partial charge in [-0.2, -0.15) is 0 Å². The fraction of sp³-hybridized carbons (Fsp3) is 0.421. The minimum absolute atomic E-state index is 0.121. The fourth-order valence-corrected chi connectivity index (χ4v) is 4.35. The molecule has 5 heteroatoms. The largest absolute Gasteiger partial charge is 0.490 e. The fourth-order valence-electron chi connectivity index (χ4n) is 3.47. The molecule has 1 atom stereocenters. The lowest BCUT2D eigenvalue weighted by molar-refractivity contribution is 0.0739. The Labute approximate surface area is 146 Å². The van der Waals surface area contributed by atoms with Crippen LogP contribution in [-0.4, -0.2) is 30.6 Å². The van der Waals surface area contributed by atoms with Gasteiger partial charge in [0.1, 0.15) is 0 Å². The Balaban J connectivity index is 1.62. The van der Waals surface area contributed by atoms with Gasteiger partial charge in [0.15, 0.2) is 11.5 Å². The maximum absolute atomic E-state index is 12.9. The van der Waals surface area contributed by atoms with E-state index in [4.69, 9.17) is 9.47 Å². The van der Waals surface area contributed by atoms with Crippen LogP contribution in [-0.2, 0) is 0 Å². The molecule has 0 aliphatic carbocycles. The zero-order valence-electron chi connectivity index (χ0n) is 13.8. The number of rotatable bonds is 2. The summed E-state index contributed by atoms with van der Waals surface area (Å²) in [4.78, 5) is 15.8. The third-order valence-corrected chi connectivity index (χ3v) is 5.73. The lowest BCUT2D eigenvalue weighted by atomic mass is 10.0. The van der Waals surface area contributed by atoms with Gasteiger partial charge in [-0.15, -0.1) is 11.3 Å². The van der Waals surface area contributed by atoms with E-state index in [0.29, 0.717) is 13.2 Å². The number of nitrogens with zero attached hydrogens (tertiary/aromatic N) is 1. The standard InChI is InChI=1S/C19H21NO3S/c1-13-7-11-24-18(13)19(21)20-8-2-4-15(20)14-5-6-16-17(12-14)23-10-3-9-22-16/h5-7,11-12,15H,2-4,8-10H2,1H3/t15-/m1/s1. The molecule has 3 heterocycles. The Hall–Kier alpha value is -2.01. The molecule has 0 bridgehead atoms. The van der Waals surface area contributed by atoms with Crippen molar-refractivity contribution in [2.45, 2.75) is 32.2 Å². The van der Waals surface area contributed by atoms with E-state index in [-0.39, 0.29) is 11.9 Å². The Morgan fingerprint density at radius 2 is 2.00 bits per heavy atom. The Morgan fingerprint density at radius 1 is 1.17 bits per heavy atom. The Morgan fingerprint density at radius 3 is 2.79 bits per heavy atom. The van der Waals surface area contributed by atoms with Gasteiger partial charge in [0.25, 0.3) is 5.91 Å². The van der Waals surface area contributed by atoms with Gasteiger partial charge in [-0.1, -0.05) is 6.07 Å². The van der Waals surface area contributed by atoms with Crippen molar-refractivity contribution in [3.8, 4) is 11.5 Å². The molecule has 1 fully saturated rings. The summed E-state index contributed by atoms with van der Waals surface area (Å²) in [5, 5.41) is 1.99. The minimum atomic E-state index is 0.121. The summed E-state index contributed by atoms with van der Waals surface area (Å²) in [5.41, 5.74) is 2.20. The van der Waals surface area contributed by atoms with Gasteiger partial charge in [-0.3, -0.25) is 4.79 Å². The second-order valence-electron chi connectivity index (χ2n) is 6.35. The number of carbonyl (C=O) groups is 1. The molecule has 126 valence electrons. The third kappa shape index (κ3) is 2.77. The second kappa shape index (κ2) is 6.48. The van der Waals surface area contributed by atoms with Gasteiger partial charge >= 0.3 is 0 Å². The summed E-state index contributed by atoms with van der Waals surface area (Å²) in [6.07, 6.45) is 2.93. The highest BCUT2D eigenvalue weighted by atomic mass is 32.1. The van der Waals surface area contributed by atoms with E-state index in [1.54, 1.807) is 0 Å². The summed E-state index contributed by atoms with van der Waals surface area (Å²) in [6, 6.07) is 8.24. The van der Waals surface area contributed by atoms with E-state index in [9.17, 15) is 4.79 Å². The van der Waals surface area contributed by atoms with E-state index in [0.717, 1.165) is 53.3 Å². The van der Waals surface area contributed by atoms with Crippen LogP contribution in [0.2, 0.25) is 0 Å². The predicted octanol–water partition coefficient (Wildman–Crippen LogP) is 4.20. The first-order valence-electron chi connectivity index (χ1n) is 8.48. The maximum atomic E-state index is 12.9. The number of amides is 1. The molecule has 1 amide bonds. The highest BCUT2D eigenvalue weighted by Crippen LogP contribution is 2.39. The van der Waals surface area contributed by atoms with Crippen molar-refractivity contribution in [1.82, 2.24) is 4.90 Å². The minimum Gasteiger partial charge on any atom is -0.490 e. The number of likely N-dealkylation sites (tertiary alicyclic amines) is 1. The van der Waals surface area contributed by atoms with Gasteiger partial charge in [0.2, 0.25) is 0 Å². The molecule has 0 saturated carbocycles. The van der Waals surface area contributed by atoms with Crippen molar-refractivity contribution < 1.29 is 14.3 Å². The smallest absolute Gasteiger partial charge is 0.264 e. The summed E-state index contributed by atoms with van der Waals surface area (Å²) >= 11 is 1.53. The average molecular weight is 343 g/mol. The highest BCUT2D eigenvalue weighted by Gasteiger charge is 2.32. The molecule has 2 aromatic rings. The maximum Gasteiger partial charge on any atom is 0.264 e. The van der Waals surface area contributed by atoms with Crippen molar-refractivity contribution >= 4 is 17.2 Å². The van der Waals surface area contributed by atoms with Gasteiger partial charge in [-0.05, 0) is 54.5 Å². The molecule has 24 heavy (non-hydrogen) atoms. The van der Waals surface area contributed by atoms with Crippen LogP contribution in [0.4, 0.5) is 0 Å². The number of aryl methyl sites for hydroxylation is 1. The molecule has 0 radical (unpaired) electrons. The molecule has 0 unspecified atom stereocenters. The van der Waals surface area contributed by atoms with Gasteiger partial charge in [0, 0.05) is 13.0 Å². The van der Waals surface area contributed by atoms with Crippen molar-refractivity contribution in [2.75, 3.05) is 19.8 Å². The SMILES string of the molecule is Cc1ccsc1C(=O)N1CCC[C@@H]1c1ccc2c(c1)OCCCO2. The monoisotopic (exact) mass is 343 g/mol. The van der Waals surface area contributed by atoms with Crippen LogP contribution in [0.5, 0.6) is 11.5 Å². The first-order valence-corrected chi connectivity index (χ1v) is 9.36. The van der Waals surface area contributed by atoms with E-state index in [1.807, 2.05) is 29.3 Å². The molecular weight excluding hydrogens is 322 g/mol. The van der Waals surface area contributed by atoms with E-state index in [1.165, 1.54) is 11.3 Å². The molecular formula is C19H21NO3S. The van der Waals surface area contributed by atoms with Gasteiger partial charge in [0.05, 0.1) is 24.1 Å². The number of ether oxygens (including phenoxy) is 2. The number of thiophene rings is 1. The Bertz CT molecular complexity index is 755. The second-order valence-corrected chi connectivity index (χ2v) is 7.26. The lowest BCUT2D eigenvalue weighted by Crippen LogP contribution is -2.30. The number of carbonyl (C=O) groups excluding carboxylic acids is 1. The molecule has 4 nitrogen and oxygen atoms in total.